The van der Waals surface area contributed by atoms with Crippen molar-refractivity contribution in [2.75, 3.05) is 26.3 Å². The molecule has 0 spiro atoms. The van der Waals surface area contributed by atoms with Gasteiger partial charge in [0.15, 0.2) is 0 Å². The maximum absolute atomic E-state index is 12.4. The molecule has 5 nitrogen and oxygen atoms in total. The molecular weight excluding hydrogens is 294 g/mol. The monoisotopic (exact) mass is 313 g/mol. The van der Waals surface area contributed by atoms with Gasteiger partial charge in [0.25, 0.3) is 5.91 Å². The molecule has 1 N–H and O–H groups in total. The van der Waals surface area contributed by atoms with Crippen molar-refractivity contribution in [2.24, 2.45) is 0 Å². The van der Waals surface area contributed by atoms with E-state index in [-0.39, 0.29) is 31.4 Å². The van der Waals surface area contributed by atoms with Crippen LogP contribution in [0.25, 0.3) is 0 Å². The van der Waals surface area contributed by atoms with Crippen LogP contribution in [0, 0.1) is 0 Å². The van der Waals surface area contributed by atoms with Crippen LogP contribution in [-0.2, 0) is 9.53 Å². The highest BCUT2D eigenvalue weighted by Gasteiger charge is 2.17. The number of hydrogen-bond donors (Lipinski definition) is 1. The normalized spacial score (nSPS) is 10.2. The Morgan fingerprint density at radius 2 is 2.10 bits per heavy atom. The summed E-state index contributed by atoms with van der Waals surface area (Å²) in [6, 6.07) is 6.64. The summed E-state index contributed by atoms with van der Waals surface area (Å²) in [6.45, 7) is 2.67. The number of esters is 1. The van der Waals surface area contributed by atoms with Gasteiger partial charge in [-0.3, -0.25) is 9.59 Å². The zero-order valence-electron chi connectivity index (χ0n) is 12.0. The highest BCUT2D eigenvalue weighted by Crippen LogP contribution is 2.13. The minimum atomic E-state index is -0.342. The van der Waals surface area contributed by atoms with Crippen molar-refractivity contribution in [1.29, 1.82) is 0 Å². The van der Waals surface area contributed by atoms with Gasteiger partial charge in [0.2, 0.25) is 0 Å². The van der Waals surface area contributed by atoms with Gasteiger partial charge in [0.1, 0.15) is 0 Å². The highest BCUT2D eigenvalue weighted by atomic mass is 35.5. The lowest BCUT2D eigenvalue weighted by Gasteiger charge is -2.22. The summed E-state index contributed by atoms with van der Waals surface area (Å²) >= 11 is 5.88. The Bertz CT molecular complexity index is 478. The fraction of sp³-hybridized carbons (Fsp3) is 0.467. The second kappa shape index (κ2) is 9.37. The predicted octanol–water partition coefficient (Wildman–Crippen LogP) is 2.12. The van der Waals surface area contributed by atoms with E-state index in [2.05, 4.69) is 0 Å². The fourth-order valence-electron chi connectivity index (χ4n) is 1.84. The molecule has 116 valence electrons. The standard InChI is InChI=1S/C15H20ClNO4/c1-2-21-14(19)7-9-17(8-4-10-18)15(20)12-5-3-6-13(16)11-12/h3,5-6,11,18H,2,4,7-10H2,1H3. The number of carbonyl (C=O) groups excluding carboxylic acids is 2. The van der Waals surface area contributed by atoms with Gasteiger partial charge in [-0.05, 0) is 31.5 Å². The third-order valence-corrected chi connectivity index (χ3v) is 3.07. The van der Waals surface area contributed by atoms with E-state index in [0.717, 1.165) is 0 Å². The van der Waals surface area contributed by atoms with Gasteiger partial charge < -0.3 is 14.7 Å². The van der Waals surface area contributed by atoms with Crippen LogP contribution >= 0.6 is 11.6 Å². The number of aliphatic hydroxyl groups excluding tert-OH is 1. The average molecular weight is 314 g/mol. The van der Waals surface area contributed by atoms with Crippen LogP contribution in [0.4, 0.5) is 0 Å². The summed E-state index contributed by atoms with van der Waals surface area (Å²) in [7, 11) is 0. The first-order valence-electron chi connectivity index (χ1n) is 6.89. The van der Waals surface area contributed by atoms with E-state index in [1.54, 1.807) is 31.2 Å². The lowest BCUT2D eigenvalue weighted by atomic mass is 10.2. The Morgan fingerprint density at radius 3 is 2.71 bits per heavy atom. The lowest BCUT2D eigenvalue weighted by molar-refractivity contribution is -0.143. The van der Waals surface area contributed by atoms with Crippen LogP contribution in [0.5, 0.6) is 0 Å². The molecule has 0 aliphatic carbocycles. The van der Waals surface area contributed by atoms with Gasteiger partial charge in [-0.1, -0.05) is 17.7 Å². The summed E-state index contributed by atoms with van der Waals surface area (Å²) in [5.74, 6) is -0.555. The Kier molecular flexibility index (Phi) is 7.79. The molecule has 0 heterocycles. The first-order chi connectivity index (χ1) is 10.1. The van der Waals surface area contributed by atoms with E-state index in [9.17, 15) is 9.59 Å². The molecule has 0 aromatic heterocycles. The molecule has 0 saturated heterocycles. The minimum absolute atomic E-state index is 0.0151. The number of amides is 1. The molecule has 0 fully saturated rings. The topological polar surface area (TPSA) is 66.8 Å². The number of nitrogens with zero attached hydrogens (tertiary/aromatic N) is 1. The number of halogens is 1. The molecule has 0 aliphatic rings. The smallest absolute Gasteiger partial charge is 0.307 e. The average Bonchev–Trinajstić information content (AvgIpc) is 2.47. The van der Waals surface area contributed by atoms with Crippen LogP contribution < -0.4 is 0 Å². The predicted molar refractivity (Wildman–Crippen MR) is 80.3 cm³/mol. The third-order valence-electron chi connectivity index (χ3n) is 2.84. The quantitative estimate of drug-likeness (QED) is 0.747. The summed E-state index contributed by atoms with van der Waals surface area (Å²) < 4.78 is 4.85. The van der Waals surface area contributed by atoms with Crippen molar-refractivity contribution in [1.82, 2.24) is 4.90 Å². The summed E-state index contributed by atoms with van der Waals surface area (Å²) in [5, 5.41) is 9.40. The molecular formula is C15H20ClNO4. The Morgan fingerprint density at radius 1 is 1.33 bits per heavy atom. The van der Waals surface area contributed by atoms with Crippen LogP contribution in [0.3, 0.4) is 0 Å². The lowest BCUT2D eigenvalue weighted by Crippen LogP contribution is -2.34. The second-order valence-corrected chi connectivity index (χ2v) is 4.87. The highest BCUT2D eigenvalue weighted by molar-refractivity contribution is 6.30. The van der Waals surface area contributed by atoms with E-state index < -0.39 is 0 Å². The van der Waals surface area contributed by atoms with Gasteiger partial charge in [-0.2, -0.15) is 0 Å². The molecule has 6 heteroatoms. The molecule has 0 saturated carbocycles. The van der Waals surface area contributed by atoms with Gasteiger partial charge >= 0.3 is 5.97 Å². The van der Waals surface area contributed by atoms with Crippen LogP contribution in [0.15, 0.2) is 24.3 Å². The fourth-order valence-corrected chi connectivity index (χ4v) is 2.03. The summed E-state index contributed by atoms with van der Waals surface area (Å²) in [5.41, 5.74) is 0.462. The first kappa shape index (κ1) is 17.5. The SMILES string of the molecule is CCOC(=O)CCN(CCCO)C(=O)c1cccc(Cl)c1. The van der Waals surface area contributed by atoms with Crippen molar-refractivity contribution in [3.05, 3.63) is 34.9 Å². The van der Waals surface area contributed by atoms with E-state index in [0.29, 0.717) is 30.2 Å². The van der Waals surface area contributed by atoms with Crippen molar-refractivity contribution in [3.8, 4) is 0 Å². The van der Waals surface area contributed by atoms with Crippen LogP contribution in [0.2, 0.25) is 5.02 Å². The zero-order valence-corrected chi connectivity index (χ0v) is 12.8. The molecule has 0 bridgehead atoms. The van der Waals surface area contributed by atoms with E-state index in [4.69, 9.17) is 21.4 Å². The van der Waals surface area contributed by atoms with Gasteiger partial charge in [-0.15, -0.1) is 0 Å². The summed E-state index contributed by atoms with van der Waals surface area (Å²) in [4.78, 5) is 25.3. The Hall–Kier alpha value is -1.59. The largest absolute Gasteiger partial charge is 0.466 e. The number of carbonyl (C=O) groups is 2. The number of benzene rings is 1. The number of rotatable bonds is 8. The van der Waals surface area contributed by atoms with E-state index >= 15 is 0 Å². The molecule has 1 amide bonds. The summed E-state index contributed by atoms with van der Waals surface area (Å²) in [6.07, 6.45) is 0.584. The molecule has 1 rings (SSSR count). The van der Waals surface area contributed by atoms with Crippen LogP contribution in [0.1, 0.15) is 30.1 Å². The molecule has 0 radical (unpaired) electrons. The van der Waals surface area contributed by atoms with Gasteiger partial charge in [-0.25, -0.2) is 0 Å². The van der Waals surface area contributed by atoms with Crippen molar-refractivity contribution in [2.45, 2.75) is 19.8 Å². The van der Waals surface area contributed by atoms with E-state index in [1.165, 1.54) is 4.90 Å². The van der Waals surface area contributed by atoms with Crippen molar-refractivity contribution < 1.29 is 19.4 Å². The van der Waals surface area contributed by atoms with Crippen molar-refractivity contribution >= 4 is 23.5 Å². The Balaban J connectivity index is 2.71. The zero-order chi connectivity index (χ0) is 15.7. The molecule has 0 unspecified atom stereocenters. The molecule has 1 aromatic rings. The molecule has 21 heavy (non-hydrogen) atoms. The molecule has 0 aliphatic heterocycles. The second-order valence-electron chi connectivity index (χ2n) is 4.43. The minimum Gasteiger partial charge on any atom is -0.466 e. The van der Waals surface area contributed by atoms with Gasteiger partial charge in [0.05, 0.1) is 13.0 Å². The van der Waals surface area contributed by atoms with E-state index in [1.807, 2.05) is 0 Å². The third kappa shape index (κ3) is 6.14. The maximum Gasteiger partial charge on any atom is 0.307 e. The van der Waals surface area contributed by atoms with Crippen LogP contribution in [-0.4, -0.2) is 48.2 Å². The number of hydrogen-bond acceptors (Lipinski definition) is 4. The van der Waals surface area contributed by atoms with Crippen molar-refractivity contribution in [3.63, 3.8) is 0 Å². The number of aliphatic hydroxyl groups is 1. The molecule has 0 atom stereocenters. The molecule has 1 aromatic carbocycles. The Labute approximate surface area is 129 Å². The first-order valence-corrected chi connectivity index (χ1v) is 7.27. The number of ether oxygens (including phenoxy) is 1. The van der Waals surface area contributed by atoms with Gasteiger partial charge in [0, 0.05) is 30.3 Å². The maximum atomic E-state index is 12.4.